The van der Waals surface area contributed by atoms with E-state index >= 15 is 0 Å². The Balaban J connectivity index is 5.21. The molecule has 0 amide bonds. The Bertz CT molecular complexity index is 2140. The van der Waals surface area contributed by atoms with Crippen molar-refractivity contribution in [1.82, 2.24) is 0 Å². The maximum absolute atomic E-state index is 13.2. The van der Waals surface area contributed by atoms with Gasteiger partial charge >= 0.3 is 39.5 Å². The topological polar surface area (TPSA) is 237 Å². The molecular formula is C93H182O17P2. The molecule has 0 aromatic carbocycles. The number of ether oxygens (including phenoxy) is 4. The van der Waals surface area contributed by atoms with Gasteiger partial charge in [0.05, 0.1) is 26.4 Å². The Morgan fingerprint density at radius 3 is 0.634 bits per heavy atom. The third-order valence-corrected chi connectivity index (χ3v) is 24.6. The molecule has 0 aliphatic carbocycles. The summed E-state index contributed by atoms with van der Waals surface area (Å²) >= 11 is 0. The summed E-state index contributed by atoms with van der Waals surface area (Å²) in [6.07, 6.45) is 79.5. The first-order valence-corrected chi connectivity index (χ1v) is 51.1. The molecule has 112 heavy (non-hydrogen) atoms. The van der Waals surface area contributed by atoms with Gasteiger partial charge in [-0.05, 0) is 37.5 Å². The highest BCUT2D eigenvalue weighted by atomic mass is 31.2. The summed E-state index contributed by atoms with van der Waals surface area (Å²) in [6, 6.07) is 0. The summed E-state index contributed by atoms with van der Waals surface area (Å²) in [5.74, 6) is -0.521. The van der Waals surface area contributed by atoms with E-state index in [1.807, 2.05) is 0 Å². The van der Waals surface area contributed by atoms with Crippen molar-refractivity contribution in [1.29, 1.82) is 0 Å². The van der Waals surface area contributed by atoms with Crippen LogP contribution < -0.4 is 0 Å². The number of hydrogen-bond acceptors (Lipinski definition) is 15. The van der Waals surface area contributed by atoms with Gasteiger partial charge in [0.15, 0.2) is 12.2 Å². The van der Waals surface area contributed by atoms with E-state index in [4.69, 9.17) is 37.0 Å². The fraction of sp³-hybridized carbons (Fsp3) is 0.957. The highest BCUT2D eigenvalue weighted by molar-refractivity contribution is 7.47. The average molecular weight is 1630 g/mol. The Kier molecular flexibility index (Phi) is 82.6. The Morgan fingerprint density at radius 1 is 0.250 bits per heavy atom. The number of rotatable bonds is 92. The molecule has 0 fully saturated rings. The summed E-state index contributed by atoms with van der Waals surface area (Å²) in [4.78, 5) is 73.4. The van der Waals surface area contributed by atoms with E-state index in [1.165, 1.54) is 315 Å². The van der Waals surface area contributed by atoms with Crippen LogP contribution in [0.2, 0.25) is 0 Å². The zero-order valence-electron chi connectivity index (χ0n) is 74.0. The predicted molar refractivity (Wildman–Crippen MR) is 465 cm³/mol. The van der Waals surface area contributed by atoms with E-state index in [2.05, 4.69) is 41.5 Å². The standard InChI is InChI=1S/C93H182O17P2/c1-7-11-13-15-17-19-21-23-25-27-29-31-33-35-37-39-44-48-52-56-63-69-75-90(95)103-81-88(109-92(97)77-71-65-57-53-49-45-40-38-36-34-32-30-28-26-24-22-20-18-16-14-12-8-2)83-107-111(99,100)105-79-87(94)80-106-112(101,102)108-84-89(82-104-91(96)76-70-64-60-59-62-68-74-86(6)10-4)110-93(98)78-72-66-58-54-50-46-42-41-43-47-51-55-61-67-73-85(5)9-3/h85-89,94H,7-84H2,1-6H3,(H,99,100)(H,101,102)/t85?,86?,87-,88-,89-/m1/s1. The zero-order valence-corrected chi connectivity index (χ0v) is 75.8. The number of unbranched alkanes of at least 4 members (excludes halogenated alkanes) is 60. The second-order valence-corrected chi connectivity index (χ2v) is 36.8. The van der Waals surface area contributed by atoms with Gasteiger partial charge in [0.1, 0.15) is 19.3 Å². The van der Waals surface area contributed by atoms with Crippen molar-refractivity contribution in [2.75, 3.05) is 39.6 Å². The van der Waals surface area contributed by atoms with Crippen LogP contribution in [-0.4, -0.2) is 96.7 Å². The number of phosphoric acid groups is 2. The van der Waals surface area contributed by atoms with Gasteiger partial charge in [-0.1, -0.05) is 452 Å². The van der Waals surface area contributed by atoms with Crippen LogP contribution in [0.5, 0.6) is 0 Å². The van der Waals surface area contributed by atoms with Crippen LogP contribution in [0, 0.1) is 11.8 Å². The minimum atomic E-state index is -4.97. The van der Waals surface area contributed by atoms with E-state index in [0.717, 1.165) is 108 Å². The van der Waals surface area contributed by atoms with Gasteiger partial charge in [0.2, 0.25) is 0 Å². The fourth-order valence-electron chi connectivity index (χ4n) is 14.6. The van der Waals surface area contributed by atoms with Crippen molar-refractivity contribution < 1.29 is 80.2 Å². The van der Waals surface area contributed by atoms with Crippen molar-refractivity contribution in [3.05, 3.63) is 0 Å². The first-order valence-electron chi connectivity index (χ1n) is 48.1. The fourth-order valence-corrected chi connectivity index (χ4v) is 16.2. The molecule has 3 N–H and O–H groups in total. The number of hydrogen-bond donors (Lipinski definition) is 3. The molecule has 0 aliphatic heterocycles. The van der Waals surface area contributed by atoms with E-state index in [1.54, 1.807) is 0 Å². The summed E-state index contributed by atoms with van der Waals surface area (Å²) in [7, 11) is -9.94. The number of esters is 4. The molecule has 0 aliphatic rings. The molecule has 0 bridgehead atoms. The summed E-state index contributed by atoms with van der Waals surface area (Å²) in [5.41, 5.74) is 0. The molecule has 4 unspecified atom stereocenters. The summed E-state index contributed by atoms with van der Waals surface area (Å²) < 4.78 is 69.1. The minimum absolute atomic E-state index is 0.107. The Labute approximate surface area is 689 Å². The van der Waals surface area contributed by atoms with Crippen LogP contribution in [0.15, 0.2) is 0 Å². The van der Waals surface area contributed by atoms with Crippen molar-refractivity contribution in [2.24, 2.45) is 11.8 Å². The van der Waals surface area contributed by atoms with Crippen molar-refractivity contribution in [3.63, 3.8) is 0 Å². The Hall–Kier alpha value is -1.94. The van der Waals surface area contributed by atoms with Gasteiger partial charge in [-0.25, -0.2) is 9.13 Å². The SMILES string of the molecule is CCCCCCCCCCCCCCCCCCCCCCCCC(=O)OC[C@H](COP(=O)(O)OC[C@@H](O)COP(=O)(O)OC[C@@H](COC(=O)CCCCCCCCC(C)CC)OC(=O)CCCCCCCCCCCCCCCCC(C)CC)OC(=O)CCCCCCCCCCCCCCCCCCCCCCCC. The van der Waals surface area contributed by atoms with E-state index in [9.17, 15) is 43.2 Å². The molecule has 0 saturated heterocycles. The molecule has 7 atom stereocenters. The maximum Gasteiger partial charge on any atom is 0.472 e. The van der Waals surface area contributed by atoms with E-state index in [-0.39, 0.29) is 25.7 Å². The lowest BCUT2D eigenvalue weighted by molar-refractivity contribution is -0.161. The molecule has 666 valence electrons. The number of carbonyl (C=O) groups excluding carboxylic acids is 4. The van der Waals surface area contributed by atoms with Gasteiger partial charge in [-0.2, -0.15) is 0 Å². The summed E-state index contributed by atoms with van der Waals surface area (Å²) in [5, 5.41) is 10.7. The van der Waals surface area contributed by atoms with Crippen LogP contribution in [0.3, 0.4) is 0 Å². The molecule has 0 aromatic rings. The van der Waals surface area contributed by atoms with Crippen LogP contribution in [0.25, 0.3) is 0 Å². The molecule has 0 spiro atoms. The first-order chi connectivity index (χ1) is 54.4. The lowest BCUT2D eigenvalue weighted by Gasteiger charge is -2.21. The molecule has 0 aromatic heterocycles. The molecule has 19 heteroatoms. The number of aliphatic hydroxyl groups excluding tert-OH is 1. The van der Waals surface area contributed by atoms with Crippen LogP contribution >= 0.6 is 15.6 Å². The highest BCUT2D eigenvalue weighted by Gasteiger charge is 2.31. The van der Waals surface area contributed by atoms with Gasteiger partial charge < -0.3 is 33.8 Å². The minimum Gasteiger partial charge on any atom is -0.462 e. The number of aliphatic hydroxyl groups is 1. The molecule has 17 nitrogen and oxygen atoms in total. The summed E-state index contributed by atoms with van der Waals surface area (Å²) in [6.45, 7) is 9.72. The van der Waals surface area contributed by atoms with E-state index < -0.39 is 97.5 Å². The van der Waals surface area contributed by atoms with Gasteiger partial charge in [0.25, 0.3) is 0 Å². The average Bonchev–Trinajstić information content (AvgIpc) is 0.925. The van der Waals surface area contributed by atoms with Crippen LogP contribution in [0.4, 0.5) is 0 Å². The number of phosphoric ester groups is 2. The third-order valence-electron chi connectivity index (χ3n) is 22.7. The van der Waals surface area contributed by atoms with Crippen molar-refractivity contribution in [3.8, 4) is 0 Å². The Morgan fingerprint density at radius 2 is 0.429 bits per heavy atom. The molecule has 0 rings (SSSR count). The van der Waals surface area contributed by atoms with E-state index in [0.29, 0.717) is 25.7 Å². The van der Waals surface area contributed by atoms with Crippen LogP contribution in [-0.2, 0) is 65.4 Å². The van der Waals surface area contributed by atoms with Crippen LogP contribution in [0.1, 0.15) is 504 Å². The molecule has 0 saturated carbocycles. The maximum atomic E-state index is 13.2. The number of carbonyl (C=O) groups is 4. The smallest absolute Gasteiger partial charge is 0.462 e. The van der Waals surface area contributed by atoms with Crippen molar-refractivity contribution >= 4 is 39.5 Å². The molecular weight excluding hydrogens is 1450 g/mol. The highest BCUT2D eigenvalue weighted by Crippen LogP contribution is 2.45. The largest absolute Gasteiger partial charge is 0.472 e. The van der Waals surface area contributed by atoms with Gasteiger partial charge in [0, 0.05) is 25.7 Å². The zero-order chi connectivity index (χ0) is 82.0. The van der Waals surface area contributed by atoms with Gasteiger partial charge in [-0.15, -0.1) is 0 Å². The molecule has 0 radical (unpaired) electrons. The normalized spacial score (nSPS) is 14.2. The van der Waals surface area contributed by atoms with Crippen molar-refractivity contribution in [2.45, 2.75) is 522 Å². The lowest BCUT2D eigenvalue weighted by Crippen LogP contribution is -2.30. The molecule has 0 heterocycles. The first kappa shape index (κ1) is 110. The quantitative estimate of drug-likeness (QED) is 0.0222. The predicted octanol–water partition coefficient (Wildman–Crippen LogP) is 29.0. The monoisotopic (exact) mass is 1630 g/mol. The second kappa shape index (κ2) is 84.1. The van der Waals surface area contributed by atoms with Gasteiger partial charge in [-0.3, -0.25) is 37.3 Å². The second-order valence-electron chi connectivity index (χ2n) is 33.9. The third kappa shape index (κ3) is 83.1. The lowest BCUT2D eigenvalue weighted by atomic mass is 9.99.